The molecule has 1 aliphatic rings. The molecule has 1 aromatic heterocycles. The summed E-state index contributed by atoms with van der Waals surface area (Å²) in [6.45, 7) is 3.34. The summed E-state index contributed by atoms with van der Waals surface area (Å²) in [5.74, 6) is -0.634. The molecular weight excluding hydrogens is 434 g/mol. The summed E-state index contributed by atoms with van der Waals surface area (Å²) < 4.78 is 0. The van der Waals surface area contributed by atoms with Gasteiger partial charge in [-0.1, -0.05) is 31.2 Å². The van der Waals surface area contributed by atoms with Crippen LogP contribution in [-0.2, 0) is 11.2 Å². The van der Waals surface area contributed by atoms with Gasteiger partial charge in [0, 0.05) is 23.5 Å². The molecule has 7 heteroatoms. The number of likely N-dealkylation sites (tertiary alicyclic amines) is 1. The standard InChI is InChI=1S/C26H29N3O3S/c1-17(24(30)26(32)29-12-2-3-13-29)15-18-6-8-19(9-7-18)25(31)28-22-16-20(10-11-21(22)27)23-5-4-14-33-23/h4-11,14,16-17,24,30H,2-3,12-13,15,27H2,1H3,(H,28,31). The summed E-state index contributed by atoms with van der Waals surface area (Å²) in [6, 6.07) is 16.9. The summed E-state index contributed by atoms with van der Waals surface area (Å²) in [6.07, 6.45) is 1.55. The number of carbonyl (C=O) groups excluding carboxylic acids is 2. The maximum Gasteiger partial charge on any atom is 0.255 e. The molecule has 0 radical (unpaired) electrons. The van der Waals surface area contributed by atoms with Crippen molar-refractivity contribution in [3.8, 4) is 10.4 Å². The Morgan fingerprint density at radius 3 is 2.52 bits per heavy atom. The summed E-state index contributed by atoms with van der Waals surface area (Å²) in [7, 11) is 0. The molecule has 2 aromatic carbocycles. The Labute approximate surface area is 198 Å². The minimum atomic E-state index is -1.01. The molecule has 2 atom stereocenters. The molecule has 0 saturated carbocycles. The van der Waals surface area contributed by atoms with Crippen molar-refractivity contribution >= 4 is 34.5 Å². The Hall–Kier alpha value is -3.16. The van der Waals surface area contributed by atoms with Gasteiger partial charge < -0.3 is 21.1 Å². The van der Waals surface area contributed by atoms with E-state index in [0.717, 1.165) is 41.9 Å². The van der Waals surface area contributed by atoms with Crippen LogP contribution in [0.1, 0.15) is 35.7 Å². The Bertz CT molecular complexity index is 1110. The van der Waals surface area contributed by atoms with Gasteiger partial charge in [0.2, 0.25) is 0 Å². The average molecular weight is 464 g/mol. The number of thiophene rings is 1. The van der Waals surface area contributed by atoms with E-state index in [2.05, 4.69) is 5.32 Å². The number of nitrogen functional groups attached to an aromatic ring is 1. The third-order valence-corrected chi connectivity index (χ3v) is 7.01. The Morgan fingerprint density at radius 2 is 1.85 bits per heavy atom. The number of aliphatic hydroxyl groups is 1. The van der Waals surface area contributed by atoms with E-state index in [4.69, 9.17) is 5.73 Å². The predicted molar refractivity (Wildman–Crippen MR) is 133 cm³/mol. The van der Waals surface area contributed by atoms with E-state index in [1.54, 1.807) is 34.4 Å². The van der Waals surface area contributed by atoms with Crippen molar-refractivity contribution in [3.63, 3.8) is 0 Å². The fourth-order valence-electron chi connectivity index (χ4n) is 4.10. The molecule has 33 heavy (non-hydrogen) atoms. The van der Waals surface area contributed by atoms with Crippen LogP contribution in [0.3, 0.4) is 0 Å². The number of nitrogens with zero attached hydrogens (tertiary/aromatic N) is 1. The number of carbonyl (C=O) groups is 2. The molecule has 6 nitrogen and oxygen atoms in total. The van der Waals surface area contributed by atoms with Crippen LogP contribution in [0.5, 0.6) is 0 Å². The van der Waals surface area contributed by atoms with Crippen molar-refractivity contribution in [1.29, 1.82) is 0 Å². The van der Waals surface area contributed by atoms with E-state index < -0.39 is 6.10 Å². The fourth-order valence-corrected chi connectivity index (χ4v) is 4.82. The Kier molecular flexibility index (Phi) is 7.11. The van der Waals surface area contributed by atoms with Crippen LogP contribution in [-0.4, -0.2) is 41.0 Å². The lowest BCUT2D eigenvalue weighted by molar-refractivity contribution is -0.141. The summed E-state index contributed by atoms with van der Waals surface area (Å²) in [5, 5.41) is 15.4. The van der Waals surface area contributed by atoms with Crippen LogP contribution in [0, 0.1) is 5.92 Å². The van der Waals surface area contributed by atoms with Gasteiger partial charge in [0.1, 0.15) is 6.10 Å². The first-order chi connectivity index (χ1) is 15.9. The van der Waals surface area contributed by atoms with Gasteiger partial charge in [0.15, 0.2) is 0 Å². The smallest absolute Gasteiger partial charge is 0.255 e. The summed E-state index contributed by atoms with van der Waals surface area (Å²) in [4.78, 5) is 28.1. The van der Waals surface area contributed by atoms with Gasteiger partial charge in [-0.15, -0.1) is 11.3 Å². The highest BCUT2D eigenvalue weighted by molar-refractivity contribution is 7.13. The summed E-state index contributed by atoms with van der Waals surface area (Å²) in [5.41, 5.74) is 9.64. The minimum Gasteiger partial charge on any atom is -0.397 e. The maximum absolute atomic E-state index is 12.8. The summed E-state index contributed by atoms with van der Waals surface area (Å²) >= 11 is 1.63. The highest BCUT2D eigenvalue weighted by atomic mass is 32.1. The number of nitrogens with one attached hydrogen (secondary N) is 1. The van der Waals surface area contributed by atoms with Crippen LogP contribution in [0.25, 0.3) is 10.4 Å². The van der Waals surface area contributed by atoms with Gasteiger partial charge in [-0.05, 0) is 72.0 Å². The van der Waals surface area contributed by atoms with Gasteiger partial charge in [0.05, 0.1) is 11.4 Å². The number of aliphatic hydroxyl groups excluding tert-OH is 1. The minimum absolute atomic E-state index is 0.182. The first-order valence-corrected chi connectivity index (χ1v) is 12.1. The van der Waals surface area contributed by atoms with E-state index in [-0.39, 0.29) is 17.7 Å². The number of hydrogen-bond acceptors (Lipinski definition) is 5. The second-order valence-electron chi connectivity index (χ2n) is 8.59. The first kappa shape index (κ1) is 23.0. The van der Waals surface area contributed by atoms with Gasteiger partial charge in [-0.3, -0.25) is 9.59 Å². The molecule has 2 unspecified atom stereocenters. The molecule has 0 aliphatic carbocycles. The van der Waals surface area contributed by atoms with Crippen LogP contribution < -0.4 is 11.1 Å². The third-order valence-electron chi connectivity index (χ3n) is 6.09. The van der Waals surface area contributed by atoms with Crippen molar-refractivity contribution in [2.45, 2.75) is 32.3 Å². The number of nitrogens with two attached hydrogens (primary N) is 1. The molecule has 4 rings (SSSR count). The average Bonchev–Trinajstić information content (AvgIpc) is 3.54. The molecule has 1 saturated heterocycles. The maximum atomic E-state index is 12.8. The van der Waals surface area contributed by atoms with Crippen LogP contribution in [0.15, 0.2) is 60.0 Å². The molecule has 1 fully saturated rings. The molecule has 172 valence electrons. The molecule has 3 aromatic rings. The molecule has 2 amide bonds. The van der Waals surface area contributed by atoms with Crippen molar-refractivity contribution in [3.05, 3.63) is 71.1 Å². The van der Waals surface area contributed by atoms with Crippen molar-refractivity contribution in [2.75, 3.05) is 24.1 Å². The van der Waals surface area contributed by atoms with E-state index in [0.29, 0.717) is 23.4 Å². The Balaban J connectivity index is 1.38. The SMILES string of the molecule is CC(Cc1ccc(C(=O)Nc2cc(-c3cccs3)ccc2N)cc1)C(O)C(=O)N1CCCC1. The predicted octanol–water partition coefficient (Wildman–Crippen LogP) is 4.41. The number of anilines is 2. The number of hydrogen-bond donors (Lipinski definition) is 3. The van der Waals surface area contributed by atoms with Crippen molar-refractivity contribution in [2.24, 2.45) is 5.92 Å². The highest BCUT2D eigenvalue weighted by Crippen LogP contribution is 2.30. The van der Waals surface area contributed by atoms with E-state index in [1.165, 1.54) is 0 Å². The molecule has 0 spiro atoms. The zero-order chi connectivity index (χ0) is 23.4. The monoisotopic (exact) mass is 463 g/mol. The second-order valence-corrected chi connectivity index (χ2v) is 9.54. The Morgan fingerprint density at radius 1 is 1.12 bits per heavy atom. The molecule has 0 bridgehead atoms. The largest absolute Gasteiger partial charge is 0.397 e. The third kappa shape index (κ3) is 5.43. The van der Waals surface area contributed by atoms with Gasteiger partial charge in [-0.25, -0.2) is 0 Å². The highest BCUT2D eigenvalue weighted by Gasteiger charge is 2.28. The van der Waals surface area contributed by atoms with Crippen LogP contribution in [0.4, 0.5) is 11.4 Å². The second kappa shape index (κ2) is 10.2. The van der Waals surface area contributed by atoms with E-state index in [9.17, 15) is 14.7 Å². The van der Waals surface area contributed by atoms with Crippen molar-refractivity contribution < 1.29 is 14.7 Å². The molecular formula is C26H29N3O3S. The van der Waals surface area contributed by atoms with Gasteiger partial charge in [0.25, 0.3) is 11.8 Å². The first-order valence-electron chi connectivity index (χ1n) is 11.2. The zero-order valence-electron chi connectivity index (χ0n) is 18.7. The lowest BCUT2D eigenvalue weighted by Crippen LogP contribution is -2.41. The van der Waals surface area contributed by atoms with Crippen molar-refractivity contribution in [1.82, 2.24) is 4.90 Å². The molecule has 1 aliphatic heterocycles. The normalized spacial score (nSPS) is 15.3. The lowest BCUT2D eigenvalue weighted by Gasteiger charge is -2.23. The number of rotatable bonds is 7. The topological polar surface area (TPSA) is 95.7 Å². The van der Waals surface area contributed by atoms with Gasteiger partial charge in [-0.2, -0.15) is 0 Å². The lowest BCUT2D eigenvalue weighted by atomic mass is 9.94. The number of benzene rings is 2. The number of amides is 2. The fraction of sp³-hybridized carbons (Fsp3) is 0.308. The van der Waals surface area contributed by atoms with Crippen LogP contribution in [0.2, 0.25) is 0 Å². The van der Waals surface area contributed by atoms with Crippen LogP contribution >= 0.6 is 11.3 Å². The zero-order valence-corrected chi connectivity index (χ0v) is 19.5. The van der Waals surface area contributed by atoms with Gasteiger partial charge >= 0.3 is 0 Å². The van der Waals surface area contributed by atoms with E-state index >= 15 is 0 Å². The quantitative estimate of drug-likeness (QED) is 0.452. The van der Waals surface area contributed by atoms with E-state index in [1.807, 2.05) is 48.7 Å². The molecule has 2 heterocycles. The molecule has 4 N–H and O–H groups in total.